The maximum Gasteiger partial charge on any atom is 0.412 e. The third-order valence-electron chi connectivity index (χ3n) is 2.00. The summed E-state index contributed by atoms with van der Waals surface area (Å²) >= 11 is 5.95. The van der Waals surface area contributed by atoms with Crippen LogP contribution in [0.4, 0.5) is 10.5 Å². The van der Waals surface area contributed by atoms with Gasteiger partial charge in [0.05, 0.1) is 6.54 Å². The smallest absolute Gasteiger partial charge is 0.412 e. The van der Waals surface area contributed by atoms with Gasteiger partial charge in [-0.3, -0.25) is 5.32 Å². The first-order valence-electron chi connectivity index (χ1n) is 5.61. The molecule has 0 aliphatic rings. The molecular formula is C12H15ClN4O2. The van der Waals surface area contributed by atoms with Gasteiger partial charge in [-0.25, -0.2) is 4.79 Å². The fourth-order valence-electron chi connectivity index (χ4n) is 1.30. The molecule has 102 valence electrons. The summed E-state index contributed by atoms with van der Waals surface area (Å²) in [5.74, 6) is 0. The van der Waals surface area contributed by atoms with Crippen LogP contribution >= 0.6 is 11.6 Å². The predicted molar refractivity (Wildman–Crippen MR) is 74.2 cm³/mol. The molecule has 19 heavy (non-hydrogen) atoms. The van der Waals surface area contributed by atoms with Gasteiger partial charge in [0.1, 0.15) is 5.60 Å². The monoisotopic (exact) mass is 282 g/mol. The highest BCUT2D eigenvalue weighted by Gasteiger charge is 2.16. The lowest BCUT2D eigenvalue weighted by Gasteiger charge is -2.19. The number of anilines is 1. The maximum atomic E-state index is 11.6. The second-order valence-electron chi connectivity index (χ2n) is 4.82. The van der Waals surface area contributed by atoms with Crippen LogP contribution in [0.15, 0.2) is 23.3 Å². The van der Waals surface area contributed by atoms with E-state index in [4.69, 9.17) is 21.9 Å². The fraction of sp³-hybridized carbons (Fsp3) is 0.417. The Morgan fingerprint density at radius 3 is 2.79 bits per heavy atom. The van der Waals surface area contributed by atoms with Crippen LogP contribution in [0.25, 0.3) is 10.4 Å². The second kappa shape index (κ2) is 6.31. The third-order valence-corrected chi connectivity index (χ3v) is 2.36. The number of carbonyl (C=O) groups excluding carboxylic acids is 1. The molecule has 1 rings (SSSR count). The zero-order chi connectivity index (χ0) is 14.5. The van der Waals surface area contributed by atoms with Crippen molar-refractivity contribution in [3.63, 3.8) is 0 Å². The van der Waals surface area contributed by atoms with Crippen molar-refractivity contribution >= 4 is 23.4 Å². The molecule has 7 heteroatoms. The molecule has 0 bridgehead atoms. The van der Waals surface area contributed by atoms with Crippen molar-refractivity contribution < 1.29 is 9.53 Å². The van der Waals surface area contributed by atoms with Gasteiger partial charge in [0, 0.05) is 15.6 Å². The van der Waals surface area contributed by atoms with Crippen molar-refractivity contribution in [2.75, 3.05) is 5.32 Å². The molecule has 0 aromatic heterocycles. The Balaban J connectivity index is 2.79. The van der Waals surface area contributed by atoms with Gasteiger partial charge >= 0.3 is 6.09 Å². The lowest BCUT2D eigenvalue weighted by atomic mass is 10.2. The molecule has 0 heterocycles. The standard InChI is InChI=1S/C12H15ClN4O2/c1-12(2,3)19-11(18)16-9-4-5-10(13)8(6-9)7-15-17-14/h4-6H,7H2,1-3H3,(H,16,18). The Labute approximate surface area is 116 Å². The largest absolute Gasteiger partial charge is 0.444 e. The Morgan fingerprint density at radius 2 is 2.21 bits per heavy atom. The van der Waals surface area contributed by atoms with Crippen molar-refractivity contribution in [2.24, 2.45) is 5.11 Å². The molecule has 0 aliphatic carbocycles. The van der Waals surface area contributed by atoms with Crippen molar-refractivity contribution in [3.8, 4) is 0 Å². The SMILES string of the molecule is CC(C)(C)OC(=O)Nc1ccc(Cl)c(CN=[N+]=[N-])c1. The van der Waals surface area contributed by atoms with E-state index in [0.717, 1.165) is 0 Å². The van der Waals surface area contributed by atoms with E-state index in [0.29, 0.717) is 16.3 Å². The number of ether oxygens (including phenoxy) is 1. The van der Waals surface area contributed by atoms with E-state index in [9.17, 15) is 4.79 Å². The van der Waals surface area contributed by atoms with Gasteiger partial charge < -0.3 is 4.74 Å². The highest BCUT2D eigenvalue weighted by atomic mass is 35.5. The topological polar surface area (TPSA) is 87.1 Å². The van der Waals surface area contributed by atoms with Crippen LogP contribution in [0, 0.1) is 0 Å². The maximum absolute atomic E-state index is 11.6. The number of halogens is 1. The number of rotatable bonds is 3. The zero-order valence-electron chi connectivity index (χ0n) is 11.0. The van der Waals surface area contributed by atoms with Gasteiger partial charge in [-0.1, -0.05) is 16.7 Å². The summed E-state index contributed by atoms with van der Waals surface area (Å²) in [5.41, 5.74) is 8.88. The summed E-state index contributed by atoms with van der Waals surface area (Å²) in [6, 6.07) is 4.91. The van der Waals surface area contributed by atoms with Crippen molar-refractivity contribution in [1.82, 2.24) is 0 Å². The van der Waals surface area contributed by atoms with E-state index in [-0.39, 0.29) is 6.54 Å². The van der Waals surface area contributed by atoms with E-state index >= 15 is 0 Å². The molecule has 0 spiro atoms. The van der Waals surface area contributed by atoms with Crippen LogP contribution in [0.2, 0.25) is 5.02 Å². The molecular weight excluding hydrogens is 268 g/mol. The predicted octanol–water partition coefficient (Wildman–Crippen LogP) is 4.50. The Kier molecular flexibility index (Phi) is 5.03. The molecule has 0 atom stereocenters. The number of hydrogen-bond donors (Lipinski definition) is 1. The second-order valence-corrected chi connectivity index (χ2v) is 5.23. The lowest BCUT2D eigenvalue weighted by molar-refractivity contribution is 0.0636. The summed E-state index contributed by atoms with van der Waals surface area (Å²) in [7, 11) is 0. The van der Waals surface area contributed by atoms with E-state index in [1.165, 1.54) is 0 Å². The van der Waals surface area contributed by atoms with Crippen molar-refractivity contribution in [3.05, 3.63) is 39.2 Å². The average molecular weight is 283 g/mol. The summed E-state index contributed by atoms with van der Waals surface area (Å²) in [6.45, 7) is 5.46. The highest BCUT2D eigenvalue weighted by molar-refractivity contribution is 6.31. The summed E-state index contributed by atoms with van der Waals surface area (Å²) in [4.78, 5) is 14.3. The summed E-state index contributed by atoms with van der Waals surface area (Å²) in [6.07, 6.45) is -0.551. The van der Waals surface area contributed by atoms with E-state index < -0.39 is 11.7 Å². The average Bonchev–Trinajstić information content (AvgIpc) is 2.27. The number of azide groups is 1. The fourth-order valence-corrected chi connectivity index (χ4v) is 1.48. The van der Waals surface area contributed by atoms with Gasteiger partial charge in [-0.15, -0.1) is 0 Å². The van der Waals surface area contributed by atoms with Gasteiger partial charge in [0.15, 0.2) is 0 Å². The highest BCUT2D eigenvalue weighted by Crippen LogP contribution is 2.22. The molecule has 0 fully saturated rings. The van der Waals surface area contributed by atoms with Crippen LogP contribution in [0.5, 0.6) is 0 Å². The van der Waals surface area contributed by atoms with Gasteiger partial charge in [-0.2, -0.15) is 0 Å². The third kappa shape index (κ3) is 5.50. The number of hydrogen-bond acceptors (Lipinski definition) is 3. The Bertz CT molecular complexity index is 519. The minimum atomic E-state index is -0.565. The van der Waals surface area contributed by atoms with Crippen LogP contribution in [-0.2, 0) is 11.3 Å². The van der Waals surface area contributed by atoms with Crippen molar-refractivity contribution in [1.29, 1.82) is 0 Å². The normalized spacial score (nSPS) is 10.5. The number of amides is 1. The molecule has 1 amide bonds. The summed E-state index contributed by atoms with van der Waals surface area (Å²) < 4.78 is 5.13. The number of benzene rings is 1. The number of nitrogens with one attached hydrogen (secondary N) is 1. The van der Waals surface area contributed by atoms with E-state index in [2.05, 4.69) is 15.3 Å². The quantitative estimate of drug-likeness (QED) is 0.503. The van der Waals surface area contributed by atoms with Crippen molar-refractivity contribution in [2.45, 2.75) is 32.9 Å². The first-order valence-corrected chi connectivity index (χ1v) is 5.99. The molecule has 1 aromatic carbocycles. The van der Waals surface area contributed by atoms with Crippen LogP contribution in [-0.4, -0.2) is 11.7 Å². The minimum Gasteiger partial charge on any atom is -0.444 e. The number of nitrogens with zero attached hydrogens (tertiary/aromatic N) is 3. The Morgan fingerprint density at radius 1 is 1.53 bits per heavy atom. The lowest BCUT2D eigenvalue weighted by Crippen LogP contribution is -2.27. The molecule has 0 radical (unpaired) electrons. The zero-order valence-corrected chi connectivity index (χ0v) is 11.7. The Hall–Kier alpha value is -1.91. The van der Waals surface area contributed by atoms with E-state index in [1.807, 2.05) is 0 Å². The van der Waals surface area contributed by atoms with Gasteiger partial charge in [0.2, 0.25) is 0 Å². The van der Waals surface area contributed by atoms with E-state index in [1.54, 1.807) is 39.0 Å². The van der Waals surface area contributed by atoms with Gasteiger partial charge in [0.25, 0.3) is 0 Å². The van der Waals surface area contributed by atoms with Crippen LogP contribution in [0.1, 0.15) is 26.3 Å². The van der Waals surface area contributed by atoms with Crippen LogP contribution in [0.3, 0.4) is 0 Å². The molecule has 0 aliphatic heterocycles. The number of carbonyl (C=O) groups is 1. The molecule has 0 saturated heterocycles. The molecule has 0 saturated carbocycles. The molecule has 1 aromatic rings. The minimum absolute atomic E-state index is 0.124. The van der Waals surface area contributed by atoms with Gasteiger partial charge in [-0.05, 0) is 50.1 Å². The molecule has 6 nitrogen and oxygen atoms in total. The first-order chi connectivity index (χ1) is 8.81. The summed E-state index contributed by atoms with van der Waals surface area (Å²) in [5, 5.41) is 6.50. The molecule has 1 N–H and O–H groups in total. The first kappa shape index (κ1) is 15.1. The molecule has 0 unspecified atom stereocenters. The van der Waals surface area contributed by atoms with Crippen LogP contribution < -0.4 is 5.32 Å².